The fraction of sp³-hybridized carbons (Fsp3) is 0.500. The van der Waals surface area contributed by atoms with Gasteiger partial charge in [-0.25, -0.2) is 4.79 Å². The highest BCUT2D eigenvalue weighted by Gasteiger charge is 2.34. The Hall–Kier alpha value is -1.56. The van der Waals surface area contributed by atoms with E-state index in [1.807, 2.05) is 0 Å². The van der Waals surface area contributed by atoms with Gasteiger partial charge in [-0.2, -0.15) is 5.26 Å². The molecule has 2 rings (SSSR count). The molecule has 0 bridgehead atoms. The number of thioether (sulfide) groups is 1. The molecule has 1 aromatic heterocycles. The quantitative estimate of drug-likeness (QED) is 0.618. The third-order valence-electron chi connectivity index (χ3n) is 2.78. The minimum absolute atomic E-state index is 0.155. The van der Waals surface area contributed by atoms with Crippen LogP contribution in [0.5, 0.6) is 0 Å². The molecule has 8 heteroatoms. The lowest BCUT2D eigenvalue weighted by atomic mass is 10.2. The number of rotatable bonds is 2. The van der Waals surface area contributed by atoms with Crippen LogP contribution in [0.2, 0.25) is 0 Å². The Morgan fingerprint density at radius 2 is 2.33 bits per heavy atom. The van der Waals surface area contributed by atoms with Crippen molar-refractivity contribution in [1.29, 1.82) is 5.26 Å². The van der Waals surface area contributed by atoms with Crippen LogP contribution in [0.4, 0.5) is 0 Å². The first-order chi connectivity index (χ1) is 8.56. The highest BCUT2D eigenvalue weighted by molar-refractivity contribution is 8.00. The summed E-state index contributed by atoms with van der Waals surface area (Å²) in [7, 11) is 0. The summed E-state index contributed by atoms with van der Waals surface area (Å²) in [5.41, 5.74) is -1.50. The summed E-state index contributed by atoms with van der Waals surface area (Å²) < 4.78 is 1.21. The molecule has 1 aromatic rings. The number of aliphatic hydroxyl groups excluding tert-OH is 2. The van der Waals surface area contributed by atoms with Crippen molar-refractivity contribution in [2.24, 2.45) is 0 Å². The molecule has 3 N–H and O–H groups in total. The molecule has 2 heterocycles. The molecule has 0 saturated carbocycles. The van der Waals surface area contributed by atoms with Gasteiger partial charge in [0.1, 0.15) is 11.6 Å². The molecular formula is C10H11N3O4S. The molecule has 0 radical (unpaired) electrons. The monoisotopic (exact) mass is 269 g/mol. The Morgan fingerprint density at radius 1 is 1.61 bits per heavy atom. The van der Waals surface area contributed by atoms with Crippen LogP contribution in [0.25, 0.3) is 0 Å². The Kier molecular flexibility index (Phi) is 3.56. The Bertz CT molecular complexity index is 602. The van der Waals surface area contributed by atoms with Gasteiger partial charge < -0.3 is 10.2 Å². The van der Waals surface area contributed by atoms with Gasteiger partial charge in [0.25, 0.3) is 5.56 Å². The number of nitriles is 1. The number of hydrogen-bond donors (Lipinski definition) is 3. The highest BCUT2D eigenvalue weighted by atomic mass is 32.2. The predicted molar refractivity (Wildman–Crippen MR) is 64.2 cm³/mol. The van der Waals surface area contributed by atoms with Crippen molar-refractivity contribution < 1.29 is 10.2 Å². The van der Waals surface area contributed by atoms with Gasteiger partial charge in [0.2, 0.25) is 0 Å². The van der Waals surface area contributed by atoms with Crippen LogP contribution in [0.1, 0.15) is 17.4 Å². The van der Waals surface area contributed by atoms with Gasteiger partial charge in [0, 0.05) is 12.6 Å². The van der Waals surface area contributed by atoms with Crippen molar-refractivity contribution in [3.8, 4) is 6.07 Å². The minimum atomic E-state index is -0.721. The zero-order valence-corrected chi connectivity index (χ0v) is 10.1. The molecule has 0 amide bonds. The van der Waals surface area contributed by atoms with Crippen molar-refractivity contribution in [2.75, 3.05) is 6.61 Å². The van der Waals surface area contributed by atoms with Gasteiger partial charge in [-0.3, -0.25) is 14.3 Å². The van der Waals surface area contributed by atoms with Crippen molar-refractivity contribution in [3.63, 3.8) is 0 Å². The van der Waals surface area contributed by atoms with Crippen molar-refractivity contribution >= 4 is 11.8 Å². The largest absolute Gasteiger partial charge is 0.395 e. The number of nitrogens with one attached hydrogen (secondary N) is 1. The molecule has 0 unspecified atom stereocenters. The normalized spacial score (nSPS) is 27.1. The van der Waals surface area contributed by atoms with Crippen LogP contribution >= 0.6 is 11.8 Å². The third kappa shape index (κ3) is 2.20. The van der Waals surface area contributed by atoms with E-state index < -0.39 is 22.7 Å². The Balaban J connectivity index is 2.39. The summed E-state index contributed by atoms with van der Waals surface area (Å²) in [5.74, 6) is 0. The van der Waals surface area contributed by atoms with E-state index >= 15 is 0 Å². The first kappa shape index (κ1) is 12.9. The maximum atomic E-state index is 11.6. The van der Waals surface area contributed by atoms with Crippen LogP contribution in [0.15, 0.2) is 15.8 Å². The van der Waals surface area contributed by atoms with Crippen LogP contribution < -0.4 is 11.2 Å². The van der Waals surface area contributed by atoms with Gasteiger partial charge >= 0.3 is 5.69 Å². The molecule has 1 saturated heterocycles. The lowest BCUT2D eigenvalue weighted by Gasteiger charge is -2.12. The van der Waals surface area contributed by atoms with E-state index in [0.717, 1.165) is 0 Å². The second kappa shape index (κ2) is 4.97. The average molecular weight is 269 g/mol. The molecule has 0 spiro atoms. The summed E-state index contributed by atoms with van der Waals surface area (Å²) in [6, 6.07) is 1.70. The maximum Gasteiger partial charge on any atom is 0.329 e. The van der Waals surface area contributed by atoms with Gasteiger partial charge in [-0.1, -0.05) is 0 Å². The second-order valence-corrected chi connectivity index (χ2v) is 5.36. The lowest BCUT2D eigenvalue weighted by molar-refractivity contribution is 0.137. The van der Waals surface area contributed by atoms with E-state index in [-0.39, 0.29) is 23.8 Å². The summed E-state index contributed by atoms with van der Waals surface area (Å²) in [4.78, 5) is 24.9. The predicted octanol–water partition coefficient (Wildman–Crippen LogP) is -1.23. The molecule has 3 atom stereocenters. The molecule has 18 heavy (non-hydrogen) atoms. The van der Waals surface area contributed by atoms with E-state index in [4.69, 9.17) is 10.4 Å². The molecule has 1 fully saturated rings. The van der Waals surface area contributed by atoms with Crippen LogP contribution in [-0.4, -0.2) is 37.7 Å². The smallest absolute Gasteiger partial charge is 0.329 e. The van der Waals surface area contributed by atoms with E-state index in [1.165, 1.54) is 22.5 Å². The summed E-state index contributed by atoms with van der Waals surface area (Å²) in [5, 5.41) is 26.7. The second-order valence-electron chi connectivity index (χ2n) is 3.94. The maximum absolute atomic E-state index is 11.6. The standard InChI is InChI=1S/C10H11N3O4S/c11-2-5-3-13(10(17)12-9(5)16)8-1-6(15)7(4-14)18-8/h3,6-8,14-15H,1,4H2,(H,12,16,17)/t6-,7+,8+/m0/s1. The van der Waals surface area contributed by atoms with Crippen LogP contribution in [0.3, 0.4) is 0 Å². The molecular weight excluding hydrogens is 258 g/mol. The van der Waals surface area contributed by atoms with Gasteiger partial charge in [0.15, 0.2) is 0 Å². The molecule has 1 aliphatic rings. The first-order valence-corrected chi connectivity index (χ1v) is 6.21. The summed E-state index contributed by atoms with van der Waals surface area (Å²) in [6.45, 7) is -0.189. The Labute approximate surface area is 106 Å². The van der Waals surface area contributed by atoms with Crippen molar-refractivity contribution in [3.05, 3.63) is 32.6 Å². The minimum Gasteiger partial charge on any atom is -0.395 e. The van der Waals surface area contributed by atoms with Gasteiger partial charge in [-0.05, 0) is 0 Å². The van der Waals surface area contributed by atoms with Crippen LogP contribution in [0, 0.1) is 11.3 Å². The Morgan fingerprint density at radius 3 is 2.89 bits per heavy atom. The zero-order chi connectivity index (χ0) is 13.3. The average Bonchev–Trinajstić information content (AvgIpc) is 2.70. The van der Waals surface area contributed by atoms with Gasteiger partial charge in [-0.15, -0.1) is 11.8 Å². The lowest BCUT2D eigenvalue weighted by Crippen LogP contribution is -2.32. The number of H-pyrrole nitrogens is 1. The fourth-order valence-corrected chi connectivity index (χ4v) is 3.21. The van der Waals surface area contributed by atoms with E-state index in [1.54, 1.807) is 6.07 Å². The summed E-state index contributed by atoms with van der Waals surface area (Å²) in [6.07, 6.45) is 0.757. The first-order valence-electron chi connectivity index (χ1n) is 5.26. The molecule has 1 aliphatic heterocycles. The molecule has 7 nitrogen and oxygen atoms in total. The molecule has 0 aliphatic carbocycles. The summed E-state index contributed by atoms with van der Waals surface area (Å²) >= 11 is 1.24. The number of hydrogen-bond acceptors (Lipinski definition) is 6. The fourth-order valence-electron chi connectivity index (χ4n) is 1.83. The SMILES string of the molecule is N#Cc1cn([C@H]2C[C@H](O)[C@@H](CO)S2)c(=O)[nH]c1=O. The topological polar surface area (TPSA) is 119 Å². The number of aromatic amines is 1. The van der Waals surface area contributed by atoms with Crippen LogP contribution in [-0.2, 0) is 0 Å². The van der Waals surface area contributed by atoms with Crippen molar-refractivity contribution in [2.45, 2.75) is 23.1 Å². The number of aliphatic hydroxyl groups is 2. The molecule has 96 valence electrons. The third-order valence-corrected chi connectivity index (χ3v) is 4.33. The van der Waals surface area contributed by atoms with Gasteiger partial charge in [0.05, 0.1) is 23.3 Å². The highest BCUT2D eigenvalue weighted by Crippen LogP contribution is 2.40. The number of nitrogens with zero attached hydrogens (tertiary/aromatic N) is 2. The zero-order valence-electron chi connectivity index (χ0n) is 9.24. The number of aromatic nitrogens is 2. The molecule has 0 aromatic carbocycles. The van der Waals surface area contributed by atoms with Crippen molar-refractivity contribution in [1.82, 2.24) is 9.55 Å². The van der Waals surface area contributed by atoms with E-state index in [2.05, 4.69) is 4.98 Å². The van der Waals surface area contributed by atoms with E-state index in [9.17, 15) is 14.7 Å². The van der Waals surface area contributed by atoms with E-state index in [0.29, 0.717) is 0 Å².